The van der Waals surface area contributed by atoms with Gasteiger partial charge in [0, 0.05) is 19.3 Å². The molecular formula is C75H136O12. The highest BCUT2D eigenvalue weighted by atomic mass is 16.7. The number of carbonyl (C=O) groups excluding carboxylic acids is 3. The van der Waals surface area contributed by atoms with Gasteiger partial charge in [-0.15, -0.1) is 0 Å². The maximum atomic E-state index is 13.3. The number of carboxylic acids is 1. The number of carboxylic acid groups (broad SMARTS) is 1. The number of aliphatic carboxylic acids is 1. The summed E-state index contributed by atoms with van der Waals surface area (Å²) in [6.07, 6.45) is 65.2. The number of hydrogen-bond donors (Lipinski definition) is 3. The van der Waals surface area contributed by atoms with Crippen LogP contribution in [0.3, 0.4) is 0 Å². The van der Waals surface area contributed by atoms with Gasteiger partial charge in [0.15, 0.2) is 24.6 Å². The molecule has 0 aromatic carbocycles. The molecule has 3 N–H and O–H groups in total. The smallest absolute Gasteiger partial charge is 0.335 e. The fourth-order valence-electron chi connectivity index (χ4n) is 11.5. The van der Waals surface area contributed by atoms with Gasteiger partial charge >= 0.3 is 23.9 Å². The van der Waals surface area contributed by atoms with Gasteiger partial charge in [-0.1, -0.05) is 308 Å². The van der Waals surface area contributed by atoms with Crippen LogP contribution in [-0.2, 0) is 42.9 Å². The number of esters is 3. The summed E-state index contributed by atoms with van der Waals surface area (Å²) in [5.41, 5.74) is 0. The van der Waals surface area contributed by atoms with Crippen LogP contribution in [0.5, 0.6) is 0 Å². The van der Waals surface area contributed by atoms with Crippen molar-refractivity contribution in [2.45, 2.75) is 404 Å². The first-order valence-corrected chi connectivity index (χ1v) is 37.0. The minimum Gasteiger partial charge on any atom is -0.479 e. The van der Waals surface area contributed by atoms with Gasteiger partial charge < -0.3 is 39.0 Å². The number of allylic oxidation sites excluding steroid dienone is 6. The number of carbonyl (C=O) groups is 4. The molecule has 12 nitrogen and oxygen atoms in total. The van der Waals surface area contributed by atoms with E-state index in [0.29, 0.717) is 19.3 Å². The van der Waals surface area contributed by atoms with Crippen LogP contribution in [0.4, 0.5) is 0 Å². The third kappa shape index (κ3) is 52.3. The Kier molecular flexibility index (Phi) is 59.4. The highest BCUT2D eigenvalue weighted by Crippen LogP contribution is 2.27. The summed E-state index contributed by atoms with van der Waals surface area (Å²) >= 11 is 0. The van der Waals surface area contributed by atoms with E-state index in [2.05, 4.69) is 57.2 Å². The van der Waals surface area contributed by atoms with E-state index in [1.54, 1.807) is 0 Å². The summed E-state index contributed by atoms with van der Waals surface area (Å²) in [7, 11) is 0. The van der Waals surface area contributed by atoms with Crippen molar-refractivity contribution in [2.24, 2.45) is 0 Å². The number of ether oxygens (including phenoxy) is 5. The Morgan fingerprint density at radius 3 is 1.07 bits per heavy atom. The quantitative estimate of drug-likeness (QED) is 0.0228. The number of unbranched alkanes of at least 4 members (excludes halogenated alkanes) is 45. The van der Waals surface area contributed by atoms with Gasteiger partial charge in [-0.25, -0.2) is 4.79 Å². The predicted octanol–water partition coefficient (Wildman–Crippen LogP) is 20.7. The van der Waals surface area contributed by atoms with Gasteiger partial charge in [0.2, 0.25) is 0 Å². The first kappa shape index (κ1) is 82.0. The number of rotatable bonds is 65. The molecule has 0 radical (unpaired) electrons. The van der Waals surface area contributed by atoms with Gasteiger partial charge in [0.1, 0.15) is 18.8 Å². The van der Waals surface area contributed by atoms with E-state index in [4.69, 9.17) is 23.7 Å². The van der Waals surface area contributed by atoms with E-state index in [1.165, 1.54) is 231 Å². The summed E-state index contributed by atoms with van der Waals surface area (Å²) < 4.78 is 28.7. The second-order valence-corrected chi connectivity index (χ2v) is 25.6. The summed E-state index contributed by atoms with van der Waals surface area (Å²) in [6, 6.07) is 0. The Hall–Kier alpha value is -3.06. The Bertz CT molecular complexity index is 1650. The van der Waals surface area contributed by atoms with Crippen LogP contribution in [0.2, 0.25) is 0 Å². The lowest BCUT2D eigenvalue weighted by atomic mass is 9.98. The van der Waals surface area contributed by atoms with Gasteiger partial charge in [-0.05, 0) is 77.0 Å². The molecule has 0 saturated carbocycles. The molecule has 0 aromatic rings. The lowest BCUT2D eigenvalue weighted by Gasteiger charge is -2.40. The van der Waals surface area contributed by atoms with Crippen LogP contribution in [0.15, 0.2) is 36.5 Å². The van der Waals surface area contributed by atoms with Crippen molar-refractivity contribution in [3.63, 3.8) is 0 Å². The van der Waals surface area contributed by atoms with E-state index >= 15 is 0 Å². The molecule has 6 atom stereocenters. The minimum atomic E-state index is -1.90. The van der Waals surface area contributed by atoms with Crippen LogP contribution in [0, 0.1) is 0 Å². The fourth-order valence-corrected chi connectivity index (χ4v) is 11.5. The Balaban J connectivity index is 2.60. The Labute approximate surface area is 533 Å². The molecular weight excluding hydrogens is 1090 g/mol. The van der Waals surface area contributed by atoms with Crippen LogP contribution in [0.25, 0.3) is 0 Å². The standard InChI is InChI=1S/C75H136O12/c1-4-7-10-13-16-19-22-25-28-31-34-37-40-43-46-49-52-55-58-61-67(76)83-64-66(85-68(77)62-59-56-53-50-47-44-41-38-35-32-29-26-23-20-17-14-11-8-5-2)65-84-75-73(71(80)70(79)72(87-75)74(81)82)86-69(78)63-60-57-54-51-48-45-42-39-36-33-30-27-24-21-18-15-12-9-6-3/h18,21,25,27-28,30,66,70-73,75,79-80H,4-17,19-20,22-24,26,29,31-65H2,1-3H3,(H,81,82)/b21-18-,28-25-,30-27-. The van der Waals surface area contributed by atoms with Crippen LogP contribution in [0.1, 0.15) is 367 Å². The zero-order valence-corrected chi connectivity index (χ0v) is 56.5. The molecule has 0 aliphatic carbocycles. The van der Waals surface area contributed by atoms with E-state index in [1.807, 2.05) is 0 Å². The summed E-state index contributed by atoms with van der Waals surface area (Å²) in [6.45, 7) is 6.05. The average Bonchev–Trinajstić information content (AvgIpc) is 2.60. The maximum Gasteiger partial charge on any atom is 0.335 e. The van der Waals surface area contributed by atoms with Gasteiger partial charge in [0.25, 0.3) is 0 Å². The largest absolute Gasteiger partial charge is 0.479 e. The highest BCUT2D eigenvalue weighted by molar-refractivity contribution is 5.74. The normalized spacial score (nSPS) is 17.5. The summed E-state index contributed by atoms with van der Waals surface area (Å²) in [5.74, 6) is -3.08. The lowest BCUT2D eigenvalue weighted by Crippen LogP contribution is -2.61. The van der Waals surface area contributed by atoms with E-state index in [-0.39, 0.29) is 25.9 Å². The summed E-state index contributed by atoms with van der Waals surface area (Å²) in [4.78, 5) is 51.6. The van der Waals surface area contributed by atoms with Crippen LogP contribution in [-0.4, -0.2) is 89.2 Å². The van der Waals surface area contributed by atoms with Crippen molar-refractivity contribution in [2.75, 3.05) is 13.2 Å². The molecule has 0 aromatic heterocycles. The van der Waals surface area contributed by atoms with Crippen LogP contribution >= 0.6 is 0 Å². The second kappa shape index (κ2) is 63.1. The fraction of sp³-hybridized carbons (Fsp3) is 0.867. The molecule has 1 fully saturated rings. The second-order valence-electron chi connectivity index (χ2n) is 25.6. The molecule has 12 heteroatoms. The van der Waals surface area contributed by atoms with Gasteiger partial charge in [-0.2, -0.15) is 0 Å². The number of aliphatic hydroxyl groups is 2. The van der Waals surface area contributed by atoms with Gasteiger partial charge in [-0.3, -0.25) is 14.4 Å². The number of hydrogen-bond acceptors (Lipinski definition) is 11. The molecule has 1 aliphatic heterocycles. The van der Waals surface area contributed by atoms with Crippen molar-refractivity contribution in [1.82, 2.24) is 0 Å². The molecule has 6 unspecified atom stereocenters. The molecule has 1 saturated heterocycles. The van der Waals surface area contributed by atoms with Crippen molar-refractivity contribution >= 4 is 23.9 Å². The highest BCUT2D eigenvalue weighted by Gasteiger charge is 2.50. The topological polar surface area (TPSA) is 175 Å². The molecule has 508 valence electrons. The van der Waals surface area contributed by atoms with Crippen molar-refractivity contribution in [3.8, 4) is 0 Å². The number of aliphatic hydroxyl groups excluding tert-OH is 2. The zero-order valence-electron chi connectivity index (χ0n) is 56.5. The Morgan fingerprint density at radius 2 is 0.690 bits per heavy atom. The predicted molar refractivity (Wildman–Crippen MR) is 359 cm³/mol. The zero-order chi connectivity index (χ0) is 63.1. The van der Waals surface area contributed by atoms with Crippen LogP contribution < -0.4 is 0 Å². The van der Waals surface area contributed by atoms with E-state index in [0.717, 1.165) is 77.0 Å². The van der Waals surface area contributed by atoms with Crippen molar-refractivity contribution in [3.05, 3.63) is 36.5 Å². The molecule has 0 amide bonds. The van der Waals surface area contributed by atoms with E-state index < -0.39 is 67.3 Å². The average molecular weight is 1230 g/mol. The van der Waals surface area contributed by atoms with Crippen molar-refractivity contribution in [1.29, 1.82) is 0 Å². The van der Waals surface area contributed by atoms with Gasteiger partial charge in [0.05, 0.1) is 6.61 Å². The molecule has 1 aliphatic rings. The van der Waals surface area contributed by atoms with E-state index in [9.17, 15) is 34.5 Å². The monoisotopic (exact) mass is 1230 g/mol. The van der Waals surface area contributed by atoms with Crippen molar-refractivity contribution < 1.29 is 58.2 Å². The summed E-state index contributed by atoms with van der Waals surface area (Å²) in [5, 5.41) is 31.7. The third-order valence-corrected chi connectivity index (χ3v) is 17.2. The molecule has 0 spiro atoms. The first-order valence-electron chi connectivity index (χ1n) is 37.0. The third-order valence-electron chi connectivity index (χ3n) is 17.2. The lowest BCUT2D eigenvalue weighted by molar-refractivity contribution is -0.301. The maximum absolute atomic E-state index is 13.3. The Morgan fingerprint density at radius 1 is 0.379 bits per heavy atom. The molecule has 1 rings (SSSR count). The molecule has 1 heterocycles. The molecule has 87 heavy (non-hydrogen) atoms. The first-order chi connectivity index (χ1) is 42.6. The minimum absolute atomic E-state index is 0.0594. The molecule has 0 bridgehead atoms. The SMILES string of the molecule is CCCCC/C=C\C/C=C\CCCCCCCCCCCC(=O)OC1C(OCC(COC(=O)CCCCCCCCCCC/C=C\CCCCCCCC)OC(=O)CCCCCCCCCCCCCCCCCCCCC)OC(C(=O)O)C(O)C1O.